The molecule has 0 radical (unpaired) electrons. The molecule has 2 aromatic rings. The fraction of sp³-hybridized carbons (Fsp3) is 0.200. The highest BCUT2D eigenvalue weighted by Gasteiger charge is 2.12. The van der Waals surface area contributed by atoms with Crippen LogP contribution < -0.4 is 5.56 Å². The number of carbonyl (C=O) groups excluding carboxylic acids is 1. The number of aromatic amines is 1. The number of benzene rings is 1. The van der Waals surface area contributed by atoms with Gasteiger partial charge in [-0.3, -0.25) is 9.59 Å². The van der Waals surface area contributed by atoms with Crippen molar-refractivity contribution in [3.05, 3.63) is 69.6 Å². The van der Waals surface area contributed by atoms with Crippen molar-refractivity contribution in [3.8, 4) is 0 Å². The summed E-state index contributed by atoms with van der Waals surface area (Å²) < 4.78 is 0. The average molecular weight is 256 g/mol. The molecular weight excluding hydrogens is 240 g/mol. The van der Waals surface area contributed by atoms with Gasteiger partial charge in [0.15, 0.2) is 0 Å². The molecule has 0 fully saturated rings. The van der Waals surface area contributed by atoms with Crippen LogP contribution in [0.2, 0.25) is 0 Å². The largest absolute Gasteiger partial charge is 0.337 e. The number of nitrogens with one attached hydrogen (secondary N) is 1. The van der Waals surface area contributed by atoms with Crippen LogP contribution in [0.3, 0.4) is 0 Å². The molecular formula is C15H16N2O2. The average Bonchev–Trinajstić information content (AvgIpc) is 2.41. The molecule has 0 aliphatic carbocycles. The van der Waals surface area contributed by atoms with Gasteiger partial charge in [-0.05, 0) is 24.1 Å². The van der Waals surface area contributed by atoms with Crippen LogP contribution in [-0.2, 0) is 6.54 Å². The highest BCUT2D eigenvalue weighted by atomic mass is 16.2. The van der Waals surface area contributed by atoms with Crippen LogP contribution in [0.5, 0.6) is 0 Å². The van der Waals surface area contributed by atoms with Crippen LogP contribution in [0.1, 0.15) is 21.5 Å². The molecule has 1 aromatic heterocycles. The van der Waals surface area contributed by atoms with Gasteiger partial charge in [0.1, 0.15) is 0 Å². The predicted octanol–water partition coefficient (Wildman–Crippen LogP) is 1.96. The summed E-state index contributed by atoms with van der Waals surface area (Å²) in [5.41, 5.74) is 2.54. The van der Waals surface area contributed by atoms with E-state index >= 15 is 0 Å². The Labute approximate surface area is 111 Å². The minimum absolute atomic E-state index is 0.112. The second kappa shape index (κ2) is 5.52. The number of pyridine rings is 1. The SMILES string of the molecule is Cc1ccccc1CN(C)C(=O)c1ccc(=O)[nH]c1. The molecule has 0 atom stereocenters. The van der Waals surface area contributed by atoms with Crippen LogP contribution in [0, 0.1) is 6.92 Å². The highest BCUT2D eigenvalue weighted by Crippen LogP contribution is 2.11. The second-order valence-corrected chi connectivity index (χ2v) is 4.53. The molecule has 0 aliphatic heterocycles. The van der Waals surface area contributed by atoms with Gasteiger partial charge < -0.3 is 9.88 Å². The van der Waals surface area contributed by atoms with Crippen molar-refractivity contribution in [2.75, 3.05) is 7.05 Å². The standard InChI is InChI=1S/C15H16N2O2/c1-11-5-3-4-6-13(11)10-17(2)15(19)12-7-8-14(18)16-9-12/h3-9H,10H2,1-2H3,(H,16,18). The van der Waals surface area contributed by atoms with E-state index in [1.54, 1.807) is 11.9 Å². The normalized spacial score (nSPS) is 10.2. The smallest absolute Gasteiger partial charge is 0.255 e. The van der Waals surface area contributed by atoms with Gasteiger partial charge in [-0.25, -0.2) is 0 Å². The van der Waals surface area contributed by atoms with E-state index in [0.717, 1.165) is 11.1 Å². The summed E-state index contributed by atoms with van der Waals surface area (Å²) in [6, 6.07) is 10.9. The van der Waals surface area contributed by atoms with Gasteiger partial charge in [0.25, 0.3) is 5.91 Å². The van der Waals surface area contributed by atoms with Crippen molar-refractivity contribution < 1.29 is 4.79 Å². The molecule has 1 amide bonds. The summed E-state index contributed by atoms with van der Waals surface area (Å²) in [7, 11) is 1.75. The molecule has 0 spiro atoms. The fourth-order valence-corrected chi connectivity index (χ4v) is 1.88. The van der Waals surface area contributed by atoms with E-state index < -0.39 is 0 Å². The summed E-state index contributed by atoms with van der Waals surface area (Å²) in [4.78, 5) is 27.3. The first-order valence-electron chi connectivity index (χ1n) is 6.06. The first kappa shape index (κ1) is 13.1. The summed E-state index contributed by atoms with van der Waals surface area (Å²) in [5, 5.41) is 0. The lowest BCUT2D eigenvalue weighted by Gasteiger charge is -2.18. The van der Waals surface area contributed by atoms with Crippen molar-refractivity contribution in [2.45, 2.75) is 13.5 Å². The van der Waals surface area contributed by atoms with Gasteiger partial charge in [0.2, 0.25) is 5.56 Å². The van der Waals surface area contributed by atoms with Crippen LogP contribution in [0.15, 0.2) is 47.4 Å². The third-order valence-corrected chi connectivity index (χ3v) is 3.05. The highest BCUT2D eigenvalue weighted by molar-refractivity contribution is 5.93. The Hall–Kier alpha value is -2.36. The van der Waals surface area contributed by atoms with Gasteiger partial charge in [0, 0.05) is 25.9 Å². The molecule has 0 saturated heterocycles. The summed E-state index contributed by atoms with van der Waals surface area (Å²) in [6.07, 6.45) is 1.44. The maximum absolute atomic E-state index is 12.2. The van der Waals surface area contributed by atoms with Gasteiger partial charge in [-0.1, -0.05) is 24.3 Å². The van der Waals surface area contributed by atoms with Gasteiger partial charge in [0.05, 0.1) is 5.56 Å². The maximum Gasteiger partial charge on any atom is 0.255 e. The van der Waals surface area contributed by atoms with Crippen LogP contribution in [0.4, 0.5) is 0 Å². The van der Waals surface area contributed by atoms with Crippen molar-refractivity contribution in [1.29, 1.82) is 0 Å². The molecule has 0 aliphatic rings. The Balaban J connectivity index is 2.14. The van der Waals surface area contributed by atoms with E-state index in [2.05, 4.69) is 4.98 Å². The molecule has 2 rings (SSSR count). The van der Waals surface area contributed by atoms with Crippen molar-refractivity contribution in [3.63, 3.8) is 0 Å². The zero-order valence-electron chi connectivity index (χ0n) is 11.0. The number of nitrogens with zero attached hydrogens (tertiary/aromatic N) is 1. The van der Waals surface area contributed by atoms with Crippen molar-refractivity contribution in [1.82, 2.24) is 9.88 Å². The number of aromatic nitrogens is 1. The van der Waals surface area contributed by atoms with Crippen LogP contribution in [0.25, 0.3) is 0 Å². The van der Waals surface area contributed by atoms with E-state index in [1.165, 1.54) is 18.3 Å². The Bertz CT molecular complexity index is 626. The predicted molar refractivity (Wildman–Crippen MR) is 74.0 cm³/mol. The van der Waals surface area contributed by atoms with Crippen molar-refractivity contribution in [2.24, 2.45) is 0 Å². The zero-order chi connectivity index (χ0) is 13.8. The topological polar surface area (TPSA) is 53.2 Å². The van der Waals surface area contributed by atoms with E-state index in [1.807, 2.05) is 31.2 Å². The molecule has 19 heavy (non-hydrogen) atoms. The van der Waals surface area contributed by atoms with Crippen LogP contribution in [-0.4, -0.2) is 22.8 Å². The molecule has 0 bridgehead atoms. The van der Waals surface area contributed by atoms with Gasteiger partial charge >= 0.3 is 0 Å². The Morgan fingerprint density at radius 1 is 1.21 bits per heavy atom. The first-order chi connectivity index (χ1) is 9.08. The Morgan fingerprint density at radius 3 is 2.58 bits per heavy atom. The van der Waals surface area contributed by atoms with E-state index in [-0.39, 0.29) is 11.5 Å². The fourth-order valence-electron chi connectivity index (χ4n) is 1.88. The van der Waals surface area contributed by atoms with Crippen LogP contribution >= 0.6 is 0 Å². The first-order valence-corrected chi connectivity index (χ1v) is 6.06. The van der Waals surface area contributed by atoms with Gasteiger partial charge in [-0.2, -0.15) is 0 Å². The molecule has 1 aromatic carbocycles. The molecule has 4 heteroatoms. The number of amides is 1. The third-order valence-electron chi connectivity index (χ3n) is 3.05. The number of rotatable bonds is 3. The number of aryl methyl sites for hydroxylation is 1. The number of H-pyrrole nitrogens is 1. The van der Waals surface area contributed by atoms with Crippen molar-refractivity contribution >= 4 is 5.91 Å². The Morgan fingerprint density at radius 2 is 1.95 bits per heavy atom. The molecule has 0 saturated carbocycles. The number of hydrogen-bond donors (Lipinski definition) is 1. The lowest BCUT2D eigenvalue weighted by molar-refractivity contribution is 0.0784. The van der Waals surface area contributed by atoms with E-state index in [9.17, 15) is 9.59 Å². The molecule has 98 valence electrons. The zero-order valence-corrected chi connectivity index (χ0v) is 11.0. The molecule has 4 nitrogen and oxygen atoms in total. The molecule has 1 heterocycles. The minimum atomic E-state index is -0.210. The summed E-state index contributed by atoms with van der Waals surface area (Å²) in [6.45, 7) is 2.57. The monoisotopic (exact) mass is 256 g/mol. The lowest BCUT2D eigenvalue weighted by atomic mass is 10.1. The number of hydrogen-bond acceptors (Lipinski definition) is 2. The maximum atomic E-state index is 12.2. The quantitative estimate of drug-likeness (QED) is 0.912. The van der Waals surface area contributed by atoms with E-state index in [0.29, 0.717) is 12.1 Å². The molecule has 0 unspecified atom stereocenters. The third kappa shape index (κ3) is 3.10. The molecule has 1 N–H and O–H groups in total. The minimum Gasteiger partial charge on any atom is -0.337 e. The summed E-state index contributed by atoms with van der Waals surface area (Å²) >= 11 is 0. The van der Waals surface area contributed by atoms with E-state index in [4.69, 9.17) is 0 Å². The second-order valence-electron chi connectivity index (χ2n) is 4.53. The lowest BCUT2D eigenvalue weighted by Crippen LogP contribution is -2.27. The number of carbonyl (C=O) groups is 1. The van der Waals surface area contributed by atoms with Gasteiger partial charge in [-0.15, -0.1) is 0 Å². The summed E-state index contributed by atoms with van der Waals surface area (Å²) in [5.74, 6) is -0.112. The Kier molecular flexibility index (Phi) is 3.80.